The molecule has 116 valence electrons. The summed E-state index contributed by atoms with van der Waals surface area (Å²) in [4.78, 5) is 14.6. The van der Waals surface area contributed by atoms with Gasteiger partial charge in [-0.3, -0.25) is 4.79 Å². The fraction of sp³-hybridized carbons (Fsp3) is 0.562. The van der Waals surface area contributed by atoms with Gasteiger partial charge in [0.15, 0.2) is 9.84 Å². The van der Waals surface area contributed by atoms with Crippen molar-refractivity contribution >= 4 is 15.7 Å². The van der Waals surface area contributed by atoms with Crippen LogP contribution in [0.3, 0.4) is 0 Å². The summed E-state index contributed by atoms with van der Waals surface area (Å²) in [5.41, 5.74) is 1.27. The fourth-order valence-electron chi connectivity index (χ4n) is 2.96. The summed E-state index contributed by atoms with van der Waals surface area (Å²) in [6.45, 7) is 2.91. The number of sulfone groups is 1. The molecule has 21 heavy (non-hydrogen) atoms. The number of hydrogen-bond acceptors (Lipinski definition) is 3. The minimum Gasteiger partial charge on any atom is -0.336 e. The van der Waals surface area contributed by atoms with Gasteiger partial charge in [-0.05, 0) is 43.4 Å². The zero-order valence-corrected chi connectivity index (χ0v) is 13.5. The van der Waals surface area contributed by atoms with Crippen molar-refractivity contribution in [3.63, 3.8) is 0 Å². The average molecular weight is 309 g/mol. The second-order valence-electron chi connectivity index (χ2n) is 5.83. The molecule has 0 N–H and O–H groups in total. The van der Waals surface area contributed by atoms with Crippen LogP contribution < -0.4 is 0 Å². The van der Waals surface area contributed by atoms with Crippen molar-refractivity contribution in [2.24, 2.45) is 0 Å². The van der Waals surface area contributed by atoms with E-state index in [4.69, 9.17) is 0 Å². The van der Waals surface area contributed by atoms with Crippen LogP contribution in [0.15, 0.2) is 24.3 Å². The molecule has 0 radical (unpaired) electrons. The number of carbonyl (C=O) groups excluding carboxylic acids is 1. The Morgan fingerprint density at radius 3 is 2.76 bits per heavy atom. The topological polar surface area (TPSA) is 54.5 Å². The Morgan fingerprint density at radius 1 is 1.33 bits per heavy atom. The molecule has 0 aromatic heterocycles. The number of piperidine rings is 1. The summed E-state index contributed by atoms with van der Waals surface area (Å²) < 4.78 is 22.8. The molecule has 1 aromatic carbocycles. The number of amides is 1. The van der Waals surface area contributed by atoms with Crippen molar-refractivity contribution in [2.75, 3.05) is 12.8 Å². The molecule has 0 bridgehead atoms. The van der Waals surface area contributed by atoms with E-state index < -0.39 is 9.84 Å². The summed E-state index contributed by atoms with van der Waals surface area (Å²) in [7, 11) is -3.08. The van der Waals surface area contributed by atoms with Gasteiger partial charge in [-0.1, -0.05) is 19.1 Å². The fourth-order valence-corrected chi connectivity index (χ4v) is 3.74. The Labute approximate surface area is 127 Å². The van der Waals surface area contributed by atoms with Crippen molar-refractivity contribution in [2.45, 2.75) is 44.4 Å². The van der Waals surface area contributed by atoms with E-state index in [9.17, 15) is 13.2 Å². The quantitative estimate of drug-likeness (QED) is 0.859. The van der Waals surface area contributed by atoms with Crippen LogP contribution in [0.5, 0.6) is 0 Å². The summed E-state index contributed by atoms with van der Waals surface area (Å²) in [5.74, 6) is 0.00241. The van der Waals surface area contributed by atoms with Crippen molar-refractivity contribution in [3.05, 3.63) is 35.4 Å². The molecule has 2 rings (SSSR count). The van der Waals surface area contributed by atoms with Gasteiger partial charge < -0.3 is 4.90 Å². The summed E-state index contributed by atoms with van der Waals surface area (Å²) in [6.07, 6.45) is 5.46. The number of likely N-dealkylation sites (tertiary alicyclic amines) is 1. The average Bonchev–Trinajstić information content (AvgIpc) is 2.45. The van der Waals surface area contributed by atoms with Gasteiger partial charge in [0.25, 0.3) is 5.91 Å². The van der Waals surface area contributed by atoms with Gasteiger partial charge in [0.2, 0.25) is 0 Å². The molecule has 0 aliphatic carbocycles. The maximum absolute atomic E-state index is 12.7. The molecule has 1 heterocycles. The minimum absolute atomic E-state index is 0.0225. The Hall–Kier alpha value is -1.36. The number of rotatable bonds is 4. The van der Waals surface area contributed by atoms with E-state index in [1.165, 1.54) is 12.7 Å². The molecule has 1 aliphatic rings. The molecule has 1 fully saturated rings. The Kier molecular flexibility index (Phi) is 5.04. The van der Waals surface area contributed by atoms with Crippen LogP contribution in [0.25, 0.3) is 0 Å². The highest BCUT2D eigenvalue weighted by Crippen LogP contribution is 2.22. The first-order chi connectivity index (χ1) is 9.90. The molecule has 1 atom stereocenters. The maximum Gasteiger partial charge on any atom is 0.254 e. The number of benzene rings is 1. The third-order valence-corrected chi connectivity index (χ3v) is 4.82. The minimum atomic E-state index is -3.08. The van der Waals surface area contributed by atoms with Crippen molar-refractivity contribution in [1.29, 1.82) is 0 Å². The second-order valence-corrected chi connectivity index (χ2v) is 7.97. The van der Waals surface area contributed by atoms with E-state index in [1.807, 2.05) is 4.90 Å². The molecule has 1 unspecified atom stereocenters. The van der Waals surface area contributed by atoms with E-state index >= 15 is 0 Å². The van der Waals surface area contributed by atoms with Gasteiger partial charge in [-0.25, -0.2) is 8.42 Å². The third-order valence-electron chi connectivity index (χ3n) is 3.96. The molecule has 1 aromatic rings. The van der Waals surface area contributed by atoms with E-state index in [-0.39, 0.29) is 11.7 Å². The van der Waals surface area contributed by atoms with Gasteiger partial charge in [0, 0.05) is 24.4 Å². The Morgan fingerprint density at radius 2 is 2.10 bits per heavy atom. The Balaban J connectivity index is 2.20. The predicted octanol–water partition coefficient (Wildman–Crippen LogP) is 2.64. The van der Waals surface area contributed by atoms with Crippen LogP contribution >= 0.6 is 0 Å². The molecule has 4 nitrogen and oxygen atoms in total. The highest BCUT2D eigenvalue weighted by molar-refractivity contribution is 7.89. The monoisotopic (exact) mass is 309 g/mol. The van der Waals surface area contributed by atoms with Crippen LogP contribution in [0.1, 0.15) is 48.5 Å². The zero-order valence-electron chi connectivity index (χ0n) is 12.7. The van der Waals surface area contributed by atoms with E-state index in [0.717, 1.165) is 25.8 Å². The lowest BCUT2D eigenvalue weighted by Crippen LogP contribution is -2.43. The Bertz CT molecular complexity index is 610. The smallest absolute Gasteiger partial charge is 0.254 e. The third kappa shape index (κ3) is 4.30. The van der Waals surface area contributed by atoms with Crippen molar-refractivity contribution < 1.29 is 13.2 Å². The standard InChI is InChI=1S/C16H23NO3S/c1-3-15-9-4-5-10-17(15)16(18)14-8-6-7-13(11-14)12-21(2,19)20/h6-8,11,15H,3-5,9-10,12H2,1-2H3. The molecule has 1 aliphatic heterocycles. The van der Waals surface area contributed by atoms with Gasteiger partial charge in [-0.15, -0.1) is 0 Å². The highest BCUT2D eigenvalue weighted by Gasteiger charge is 2.26. The molecule has 0 spiro atoms. The first-order valence-corrected chi connectivity index (χ1v) is 9.54. The van der Waals surface area contributed by atoms with Crippen molar-refractivity contribution in [3.8, 4) is 0 Å². The first-order valence-electron chi connectivity index (χ1n) is 7.48. The number of carbonyl (C=O) groups is 1. The molecule has 5 heteroatoms. The van der Waals surface area contributed by atoms with Gasteiger partial charge in [0.05, 0.1) is 5.75 Å². The van der Waals surface area contributed by atoms with Gasteiger partial charge >= 0.3 is 0 Å². The van der Waals surface area contributed by atoms with Crippen LogP contribution in [-0.2, 0) is 15.6 Å². The molecule has 1 amide bonds. The van der Waals surface area contributed by atoms with Crippen LogP contribution in [0, 0.1) is 0 Å². The molecule has 0 saturated carbocycles. The second kappa shape index (κ2) is 6.60. The molecule has 1 saturated heterocycles. The normalized spacial score (nSPS) is 19.5. The lowest BCUT2D eigenvalue weighted by atomic mass is 9.98. The summed E-state index contributed by atoms with van der Waals surface area (Å²) >= 11 is 0. The lowest BCUT2D eigenvalue weighted by molar-refractivity contribution is 0.0608. The maximum atomic E-state index is 12.7. The van der Waals surface area contributed by atoms with Crippen LogP contribution in [0.2, 0.25) is 0 Å². The summed E-state index contributed by atoms with van der Waals surface area (Å²) in [5, 5.41) is 0. The highest BCUT2D eigenvalue weighted by atomic mass is 32.2. The van der Waals surface area contributed by atoms with Gasteiger partial charge in [-0.2, -0.15) is 0 Å². The molecular weight excluding hydrogens is 286 g/mol. The van der Waals surface area contributed by atoms with Gasteiger partial charge in [0.1, 0.15) is 0 Å². The number of nitrogens with zero attached hydrogens (tertiary/aromatic N) is 1. The van der Waals surface area contributed by atoms with Crippen LogP contribution in [-0.4, -0.2) is 38.1 Å². The lowest BCUT2D eigenvalue weighted by Gasteiger charge is -2.35. The SMILES string of the molecule is CCC1CCCCN1C(=O)c1cccc(CS(C)(=O)=O)c1. The van der Waals surface area contributed by atoms with Crippen LogP contribution in [0.4, 0.5) is 0 Å². The summed E-state index contributed by atoms with van der Waals surface area (Å²) in [6, 6.07) is 7.31. The number of hydrogen-bond donors (Lipinski definition) is 0. The van der Waals surface area contributed by atoms with E-state index in [2.05, 4.69) is 6.92 Å². The first kappa shape index (κ1) is 16.0. The zero-order chi connectivity index (χ0) is 15.5. The predicted molar refractivity (Wildman–Crippen MR) is 84.0 cm³/mol. The molecular formula is C16H23NO3S. The largest absolute Gasteiger partial charge is 0.336 e. The van der Waals surface area contributed by atoms with E-state index in [0.29, 0.717) is 17.2 Å². The van der Waals surface area contributed by atoms with Crippen molar-refractivity contribution in [1.82, 2.24) is 4.90 Å². The van der Waals surface area contributed by atoms with E-state index in [1.54, 1.807) is 24.3 Å².